The van der Waals surface area contributed by atoms with Gasteiger partial charge in [0, 0.05) is 45.4 Å². The molecule has 2 N–H and O–H groups in total. The second kappa shape index (κ2) is 5.66. The average Bonchev–Trinajstić information content (AvgIpc) is 2.85. The normalized spacial score (nSPS) is 35.9. The van der Waals surface area contributed by atoms with Crippen LogP contribution in [0.3, 0.4) is 0 Å². The predicted octanol–water partition coefficient (Wildman–Crippen LogP) is 3.06. The monoisotopic (exact) mass is 294 g/mol. The fourth-order valence-electron chi connectivity index (χ4n) is 3.09. The summed E-state index contributed by atoms with van der Waals surface area (Å²) in [4.78, 5) is 4.59. The van der Waals surface area contributed by atoms with E-state index in [4.69, 9.17) is 5.73 Å². The van der Waals surface area contributed by atoms with Gasteiger partial charge in [0.25, 0.3) is 0 Å². The standard InChI is InChI=1S/C15H22N2S2/c1-9-10(2)19-13(8-18-9)14(16)12-6-5-11-4-3-7-17-15(11)12/h3-4,7,9-10,12-14H,5-6,8,16H2,1-2H3. The van der Waals surface area contributed by atoms with Crippen molar-refractivity contribution in [2.45, 2.75) is 54.4 Å². The van der Waals surface area contributed by atoms with E-state index in [1.165, 1.54) is 23.4 Å². The molecule has 0 saturated carbocycles. The average molecular weight is 294 g/mol. The SMILES string of the molecule is CC1SCC(C(N)C2CCc3cccnc32)SC1C. The lowest BCUT2D eigenvalue weighted by Crippen LogP contribution is -2.43. The van der Waals surface area contributed by atoms with E-state index in [0.717, 1.165) is 11.7 Å². The van der Waals surface area contributed by atoms with Gasteiger partial charge in [-0.25, -0.2) is 0 Å². The largest absolute Gasteiger partial charge is 0.326 e. The summed E-state index contributed by atoms with van der Waals surface area (Å²) >= 11 is 4.17. The molecule has 0 bridgehead atoms. The third kappa shape index (κ3) is 2.67. The summed E-state index contributed by atoms with van der Waals surface area (Å²) in [7, 11) is 0. The van der Waals surface area contributed by atoms with Crippen LogP contribution in [0, 0.1) is 0 Å². The van der Waals surface area contributed by atoms with E-state index >= 15 is 0 Å². The van der Waals surface area contributed by atoms with Gasteiger partial charge in [0.15, 0.2) is 0 Å². The lowest BCUT2D eigenvalue weighted by atomic mass is 9.95. The van der Waals surface area contributed by atoms with Gasteiger partial charge in [-0.05, 0) is 24.5 Å². The molecule has 5 atom stereocenters. The summed E-state index contributed by atoms with van der Waals surface area (Å²) in [5.74, 6) is 1.66. The topological polar surface area (TPSA) is 38.9 Å². The Kier molecular flexibility index (Phi) is 4.11. The van der Waals surface area contributed by atoms with Crippen molar-refractivity contribution in [3.8, 4) is 0 Å². The van der Waals surface area contributed by atoms with Crippen LogP contribution in [-0.2, 0) is 6.42 Å². The van der Waals surface area contributed by atoms with Crippen LogP contribution in [0.1, 0.15) is 37.4 Å². The van der Waals surface area contributed by atoms with E-state index in [0.29, 0.717) is 16.4 Å². The first-order chi connectivity index (χ1) is 9.16. The van der Waals surface area contributed by atoms with Gasteiger partial charge in [0.2, 0.25) is 0 Å². The molecule has 5 unspecified atom stereocenters. The first-order valence-corrected chi connectivity index (χ1v) is 9.12. The van der Waals surface area contributed by atoms with Gasteiger partial charge in [-0.2, -0.15) is 23.5 Å². The summed E-state index contributed by atoms with van der Waals surface area (Å²) in [6.07, 6.45) is 4.24. The molecule has 2 aliphatic rings. The molecule has 2 nitrogen and oxygen atoms in total. The molecular weight excluding hydrogens is 272 g/mol. The summed E-state index contributed by atoms with van der Waals surface area (Å²) in [5.41, 5.74) is 9.29. The molecule has 0 amide bonds. The van der Waals surface area contributed by atoms with E-state index in [1.54, 1.807) is 0 Å². The Morgan fingerprint density at radius 2 is 2.21 bits per heavy atom. The van der Waals surface area contributed by atoms with Crippen molar-refractivity contribution in [2.24, 2.45) is 5.73 Å². The number of rotatable bonds is 2. The number of pyridine rings is 1. The number of thioether (sulfide) groups is 2. The van der Waals surface area contributed by atoms with Crippen LogP contribution in [0.15, 0.2) is 18.3 Å². The lowest BCUT2D eigenvalue weighted by molar-refractivity contribution is 0.516. The quantitative estimate of drug-likeness (QED) is 0.910. The molecule has 1 aliphatic heterocycles. The first-order valence-electron chi connectivity index (χ1n) is 7.13. The second-order valence-electron chi connectivity index (χ2n) is 5.69. The molecule has 1 aliphatic carbocycles. The molecule has 104 valence electrons. The molecule has 1 saturated heterocycles. The minimum Gasteiger partial charge on any atom is -0.326 e. The van der Waals surface area contributed by atoms with Crippen LogP contribution in [0.2, 0.25) is 0 Å². The summed E-state index contributed by atoms with van der Waals surface area (Å²) < 4.78 is 0. The van der Waals surface area contributed by atoms with E-state index in [1.807, 2.05) is 12.3 Å². The minimum absolute atomic E-state index is 0.253. The zero-order valence-electron chi connectivity index (χ0n) is 11.6. The van der Waals surface area contributed by atoms with Crippen LogP contribution in [0.5, 0.6) is 0 Å². The van der Waals surface area contributed by atoms with Crippen molar-refractivity contribution >= 4 is 23.5 Å². The van der Waals surface area contributed by atoms with Crippen molar-refractivity contribution in [1.82, 2.24) is 4.98 Å². The molecule has 19 heavy (non-hydrogen) atoms. The highest BCUT2D eigenvalue weighted by molar-refractivity contribution is 8.07. The van der Waals surface area contributed by atoms with Gasteiger partial charge in [0.05, 0.1) is 0 Å². The zero-order valence-corrected chi connectivity index (χ0v) is 13.2. The van der Waals surface area contributed by atoms with Gasteiger partial charge in [-0.15, -0.1) is 0 Å². The molecular formula is C15H22N2S2. The fraction of sp³-hybridized carbons (Fsp3) is 0.667. The highest BCUT2D eigenvalue weighted by Crippen LogP contribution is 2.42. The van der Waals surface area contributed by atoms with Gasteiger partial charge in [0.1, 0.15) is 0 Å². The molecule has 1 aromatic heterocycles. The van der Waals surface area contributed by atoms with E-state index in [2.05, 4.69) is 48.4 Å². The minimum atomic E-state index is 0.253. The van der Waals surface area contributed by atoms with Gasteiger partial charge < -0.3 is 5.73 Å². The highest BCUT2D eigenvalue weighted by Gasteiger charge is 2.37. The molecule has 4 heteroatoms. The summed E-state index contributed by atoms with van der Waals surface area (Å²) in [5, 5.41) is 2.04. The predicted molar refractivity (Wildman–Crippen MR) is 86.0 cm³/mol. The number of nitrogens with two attached hydrogens (primary N) is 1. The van der Waals surface area contributed by atoms with Crippen LogP contribution < -0.4 is 5.73 Å². The lowest BCUT2D eigenvalue weighted by Gasteiger charge is -2.36. The Balaban J connectivity index is 1.73. The molecule has 1 fully saturated rings. The van der Waals surface area contributed by atoms with E-state index < -0.39 is 0 Å². The molecule has 0 aromatic carbocycles. The van der Waals surface area contributed by atoms with Gasteiger partial charge in [-0.3, -0.25) is 4.98 Å². The van der Waals surface area contributed by atoms with Crippen molar-refractivity contribution in [1.29, 1.82) is 0 Å². The fourth-order valence-corrected chi connectivity index (χ4v) is 6.20. The Bertz CT molecular complexity index is 452. The maximum atomic E-state index is 6.60. The number of hydrogen-bond acceptors (Lipinski definition) is 4. The van der Waals surface area contributed by atoms with Gasteiger partial charge >= 0.3 is 0 Å². The third-order valence-electron chi connectivity index (χ3n) is 4.47. The van der Waals surface area contributed by atoms with Gasteiger partial charge in [-0.1, -0.05) is 19.9 Å². The second-order valence-corrected chi connectivity index (χ2v) is 8.72. The van der Waals surface area contributed by atoms with Crippen LogP contribution >= 0.6 is 23.5 Å². The first kappa shape index (κ1) is 13.8. The molecule has 0 radical (unpaired) electrons. The number of hydrogen-bond donors (Lipinski definition) is 1. The molecule has 3 rings (SSSR count). The number of fused-ring (bicyclic) bond motifs is 1. The Hall–Kier alpha value is -0.190. The maximum Gasteiger partial charge on any atom is 0.0482 e. The highest BCUT2D eigenvalue weighted by atomic mass is 32.2. The van der Waals surface area contributed by atoms with Crippen LogP contribution in [-0.4, -0.2) is 32.5 Å². The summed E-state index contributed by atoms with van der Waals surface area (Å²) in [6.45, 7) is 4.67. The van der Waals surface area contributed by atoms with Crippen LogP contribution in [0.25, 0.3) is 0 Å². The van der Waals surface area contributed by atoms with Crippen molar-refractivity contribution in [3.05, 3.63) is 29.6 Å². The zero-order chi connectivity index (χ0) is 13.4. The third-order valence-corrected chi connectivity index (χ3v) is 8.01. The molecule has 2 heterocycles. The smallest absolute Gasteiger partial charge is 0.0482 e. The van der Waals surface area contributed by atoms with E-state index in [9.17, 15) is 0 Å². The van der Waals surface area contributed by atoms with Crippen LogP contribution in [0.4, 0.5) is 0 Å². The Morgan fingerprint density at radius 1 is 1.37 bits per heavy atom. The maximum absolute atomic E-state index is 6.60. The number of aryl methyl sites for hydroxylation is 1. The van der Waals surface area contributed by atoms with Crippen molar-refractivity contribution in [3.63, 3.8) is 0 Å². The number of aromatic nitrogens is 1. The van der Waals surface area contributed by atoms with E-state index in [-0.39, 0.29) is 6.04 Å². The Labute approximate surface area is 124 Å². The Morgan fingerprint density at radius 3 is 3.00 bits per heavy atom. The molecule has 0 spiro atoms. The van der Waals surface area contributed by atoms with Crippen molar-refractivity contribution < 1.29 is 0 Å². The number of nitrogens with zero attached hydrogens (tertiary/aromatic N) is 1. The van der Waals surface area contributed by atoms with Crippen molar-refractivity contribution in [2.75, 3.05) is 5.75 Å². The summed E-state index contributed by atoms with van der Waals surface area (Å²) in [6, 6.07) is 4.51. The molecule has 1 aromatic rings.